The molecule has 1 N–H and O–H groups in total. The van der Waals surface area contributed by atoms with Crippen LogP contribution in [0, 0.1) is 6.92 Å². The number of carbonyl (C=O) groups is 1. The van der Waals surface area contributed by atoms with E-state index in [0.29, 0.717) is 11.7 Å². The van der Waals surface area contributed by atoms with Crippen molar-refractivity contribution in [3.05, 3.63) is 66.0 Å². The molecule has 0 radical (unpaired) electrons. The maximum atomic E-state index is 12.3. The first-order chi connectivity index (χ1) is 14.7. The zero-order chi connectivity index (χ0) is 20.8. The molecule has 30 heavy (non-hydrogen) atoms. The van der Waals surface area contributed by atoms with Gasteiger partial charge in [-0.05, 0) is 56.9 Å². The van der Waals surface area contributed by atoms with Gasteiger partial charge >= 0.3 is 5.97 Å². The highest BCUT2D eigenvalue weighted by molar-refractivity contribution is 7.99. The monoisotopic (exact) mass is 422 g/mol. The number of rotatable bonds is 8. The zero-order valence-corrected chi connectivity index (χ0v) is 17.9. The normalized spacial score (nSPS) is 14.0. The summed E-state index contributed by atoms with van der Waals surface area (Å²) in [4.78, 5) is 12.3. The molecule has 3 aromatic rings. The molecule has 156 valence electrons. The Morgan fingerprint density at radius 2 is 1.83 bits per heavy atom. The molecule has 0 spiro atoms. The maximum absolute atomic E-state index is 12.3. The highest BCUT2D eigenvalue weighted by atomic mass is 32.2. The van der Waals surface area contributed by atoms with E-state index in [0.717, 1.165) is 42.9 Å². The van der Waals surface area contributed by atoms with Gasteiger partial charge in [0.1, 0.15) is 6.10 Å². The van der Waals surface area contributed by atoms with Crippen LogP contribution in [0.4, 0.5) is 5.69 Å². The molecule has 1 aliphatic carbocycles. The van der Waals surface area contributed by atoms with Crippen molar-refractivity contribution < 1.29 is 9.53 Å². The van der Waals surface area contributed by atoms with Crippen molar-refractivity contribution in [1.82, 2.24) is 14.8 Å². The van der Waals surface area contributed by atoms with Crippen LogP contribution in [0.15, 0.2) is 59.8 Å². The Morgan fingerprint density at radius 3 is 2.57 bits per heavy atom. The van der Waals surface area contributed by atoms with E-state index in [9.17, 15) is 4.79 Å². The Morgan fingerprint density at radius 1 is 1.10 bits per heavy atom. The van der Waals surface area contributed by atoms with Crippen LogP contribution in [0.2, 0.25) is 0 Å². The summed E-state index contributed by atoms with van der Waals surface area (Å²) in [6.07, 6.45) is 4.33. The van der Waals surface area contributed by atoms with Gasteiger partial charge in [-0.2, -0.15) is 0 Å². The largest absolute Gasteiger partial charge is 0.462 e. The second-order valence-electron chi connectivity index (χ2n) is 7.47. The van der Waals surface area contributed by atoms with Gasteiger partial charge in [-0.1, -0.05) is 47.7 Å². The number of nitrogens with one attached hydrogen (secondary N) is 1. The number of carbonyl (C=O) groups excluding carboxylic acids is 1. The van der Waals surface area contributed by atoms with Gasteiger partial charge in [-0.15, -0.1) is 10.2 Å². The van der Waals surface area contributed by atoms with Gasteiger partial charge in [0.15, 0.2) is 11.0 Å². The Kier molecular flexibility index (Phi) is 6.69. The quantitative estimate of drug-likeness (QED) is 0.417. The summed E-state index contributed by atoms with van der Waals surface area (Å²) in [5.41, 5.74) is 3.21. The summed E-state index contributed by atoms with van der Waals surface area (Å²) in [7, 11) is 0. The highest BCUT2D eigenvalue weighted by Gasteiger charge is 2.21. The predicted octanol–water partition coefficient (Wildman–Crippen LogP) is 4.77. The number of hydrogen-bond donors (Lipinski definition) is 1. The van der Waals surface area contributed by atoms with Crippen LogP contribution in [0.3, 0.4) is 0 Å². The van der Waals surface area contributed by atoms with E-state index >= 15 is 0 Å². The average molecular weight is 423 g/mol. The maximum Gasteiger partial charge on any atom is 0.316 e. The van der Waals surface area contributed by atoms with Crippen LogP contribution < -0.4 is 5.32 Å². The molecule has 2 aromatic carbocycles. The molecule has 1 aliphatic rings. The van der Waals surface area contributed by atoms with Gasteiger partial charge in [0.05, 0.1) is 12.3 Å². The summed E-state index contributed by atoms with van der Waals surface area (Å²) in [5.74, 6) is 0.828. The van der Waals surface area contributed by atoms with E-state index in [4.69, 9.17) is 4.74 Å². The van der Waals surface area contributed by atoms with Crippen molar-refractivity contribution in [2.75, 3.05) is 11.1 Å². The van der Waals surface area contributed by atoms with Crippen LogP contribution in [0.5, 0.6) is 0 Å². The second-order valence-corrected chi connectivity index (χ2v) is 8.42. The SMILES string of the molecule is Cc1ccc(NCc2nnc(SCC(=O)OC3CCCC3)n2-c2ccccc2)cc1. The third-order valence-corrected chi connectivity index (χ3v) is 6.04. The van der Waals surface area contributed by atoms with Gasteiger partial charge in [-0.25, -0.2) is 0 Å². The average Bonchev–Trinajstić information content (AvgIpc) is 3.42. The number of benzene rings is 2. The molecule has 7 heteroatoms. The van der Waals surface area contributed by atoms with E-state index in [1.807, 2.05) is 47.0 Å². The fourth-order valence-corrected chi connectivity index (χ4v) is 4.30. The number of anilines is 1. The first kappa shape index (κ1) is 20.5. The van der Waals surface area contributed by atoms with Crippen LogP contribution in [-0.2, 0) is 16.1 Å². The van der Waals surface area contributed by atoms with Crippen LogP contribution in [-0.4, -0.2) is 32.6 Å². The van der Waals surface area contributed by atoms with Gasteiger partial charge < -0.3 is 10.1 Å². The first-order valence-electron chi connectivity index (χ1n) is 10.3. The number of ether oxygens (including phenoxy) is 1. The summed E-state index contributed by atoms with van der Waals surface area (Å²) in [6.45, 7) is 2.59. The number of para-hydroxylation sites is 1. The molecule has 0 bridgehead atoms. The molecule has 0 amide bonds. The lowest BCUT2D eigenvalue weighted by Crippen LogP contribution is -2.16. The minimum atomic E-state index is -0.186. The third-order valence-electron chi connectivity index (χ3n) is 5.14. The topological polar surface area (TPSA) is 69.0 Å². The molecule has 1 saturated carbocycles. The Bertz CT molecular complexity index is 967. The third kappa shape index (κ3) is 5.21. The number of esters is 1. The van der Waals surface area contributed by atoms with Gasteiger partial charge in [0.25, 0.3) is 0 Å². The molecule has 1 heterocycles. The Labute approximate surface area is 181 Å². The molecule has 0 unspecified atom stereocenters. The molecule has 0 atom stereocenters. The van der Waals surface area contributed by atoms with E-state index in [2.05, 4.69) is 34.6 Å². The molecule has 1 aromatic heterocycles. The van der Waals surface area contributed by atoms with Crippen molar-refractivity contribution in [3.63, 3.8) is 0 Å². The fourth-order valence-electron chi connectivity index (χ4n) is 3.55. The molecule has 0 saturated heterocycles. The van der Waals surface area contributed by atoms with Crippen molar-refractivity contribution in [1.29, 1.82) is 0 Å². The van der Waals surface area contributed by atoms with Crippen LogP contribution >= 0.6 is 11.8 Å². The van der Waals surface area contributed by atoms with Crippen molar-refractivity contribution in [3.8, 4) is 5.69 Å². The molecular weight excluding hydrogens is 396 g/mol. The lowest BCUT2D eigenvalue weighted by molar-refractivity contribution is -0.145. The number of nitrogens with zero attached hydrogens (tertiary/aromatic N) is 3. The lowest BCUT2D eigenvalue weighted by atomic mass is 10.2. The summed E-state index contributed by atoms with van der Waals surface area (Å²) in [5, 5.41) is 12.8. The van der Waals surface area contributed by atoms with E-state index in [1.54, 1.807) is 0 Å². The predicted molar refractivity (Wildman–Crippen MR) is 119 cm³/mol. The molecule has 0 aliphatic heterocycles. The first-order valence-corrected chi connectivity index (χ1v) is 11.3. The van der Waals surface area contributed by atoms with Gasteiger partial charge in [0.2, 0.25) is 0 Å². The Balaban J connectivity index is 1.47. The highest BCUT2D eigenvalue weighted by Crippen LogP contribution is 2.25. The molecule has 4 rings (SSSR count). The van der Waals surface area contributed by atoms with Crippen molar-refractivity contribution in [2.45, 2.75) is 50.4 Å². The lowest BCUT2D eigenvalue weighted by Gasteiger charge is -2.13. The smallest absolute Gasteiger partial charge is 0.316 e. The van der Waals surface area contributed by atoms with E-state index in [1.165, 1.54) is 17.3 Å². The Hall–Kier alpha value is -2.80. The van der Waals surface area contributed by atoms with E-state index < -0.39 is 0 Å². The van der Waals surface area contributed by atoms with Gasteiger partial charge in [0, 0.05) is 11.4 Å². The number of aryl methyl sites for hydroxylation is 1. The summed E-state index contributed by atoms with van der Waals surface area (Å²) in [6, 6.07) is 18.2. The molecular formula is C23H26N4O2S. The molecule has 1 fully saturated rings. The van der Waals surface area contributed by atoms with Gasteiger partial charge in [-0.3, -0.25) is 9.36 Å². The van der Waals surface area contributed by atoms with Crippen LogP contribution in [0.25, 0.3) is 5.69 Å². The summed E-state index contributed by atoms with van der Waals surface area (Å²) < 4.78 is 7.57. The fraction of sp³-hybridized carbons (Fsp3) is 0.348. The molecule has 6 nitrogen and oxygen atoms in total. The van der Waals surface area contributed by atoms with E-state index in [-0.39, 0.29) is 17.8 Å². The minimum Gasteiger partial charge on any atom is -0.462 e. The van der Waals surface area contributed by atoms with Crippen molar-refractivity contribution in [2.24, 2.45) is 0 Å². The van der Waals surface area contributed by atoms with Crippen LogP contribution in [0.1, 0.15) is 37.1 Å². The minimum absolute atomic E-state index is 0.0827. The standard InChI is InChI=1S/C23H26N4O2S/c1-17-11-13-18(14-12-17)24-15-21-25-26-23(27(21)19-7-3-2-4-8-19)30-16-22(28)29-20-9-5-6-10-20/h2-4,7-8,11-14,20,24H,5-6,9-10,15-16H2,1H3. The zero-order valence-electron chi connectivity index (χ0n) is 17.1. The summed E-state index contributed by atoms with van der Waals surface area (Å²) >= 11 is 1.36. The number of aromatic nitrogens is 3. The second kappa shape index (κ2) is 9.80. The number of thioether (sulfide) groups is 1. The van der Waals surface area contributed by atoms with Crippen molar-refractivity contribution >= 4 is 23.4 Å². The number of hydrogen-bond acceptors (Lipinski definition) is 6.